The van der Waals surface area contributed by atoms with E-state index in [-0.39, 0.29) is 11.8 Å². The minimum atomic E-state index is -0.0551. The second-order valence-electron chi connectivity index (χ2n) is 4.23. The van der Waals surface area contributed by atoms with Crippen LogP contribution in [0.3, 0.4) is 0 Å². The molecule has 0 aliphatic carbocycles. The van der Waals surface area contributed by atoms with Gasteiger partial charge in [-0.2, -0.15) is 0 Å². The van der Waals surface area contributed by atoms with Crippen LogP contribution in [0.15, 0.2) is 48.5 Å². The van der Waals surface area contributed by atoms with Crippen molar-refractivity contribution in [2.24, 2.45) is 5.73 Å². The highest BCUT2D eigenvalue weighted by molar-refractivity contribution is 5.42. The van der Waals surface area contributed by atoms with Gasteiger partial charge in [0.25, 0.3) is 0 Å². The Balaban J connectivity index is 2.14. The van der Waals surface area contributed by atoms with Crippen molar-refractivity contribution in [1.29, 1.82) is 0 Å². The third kappa shape index (κ3) is 2.81. The molecule has 0 saturated carbocycles. The van der Waals surface area contributed by atoms with Crippen LogP contribution in [0.1, 0.15) is 17.2 Å². The molecule has 0 saturated heterocycles. The number of benzene rings is 2. The van der Waals surface area contributed by atoms with Gasteiger partial charge in [0, 0.05) is 6.04 Å². The predicted octanol–water partition coefficient (Wildman–Crippen LogP) is 2.64. The highest BCUT2D eigenvalue weighted by Crippen LogP contribution is 2.28. The Morgan fingerprint density at radius 2 is 1.89 bits per heavy atom. The number of aromatic hydroxyl groups is 1. The topological polar surface area (TPSA) is 55.5 Å². The van der Waals surface area contributed by atoms with Crippen molar-refractivity contribution in [3.05, 3.63) is 59.7 Å². The van der Waals surface area contributed by atoms with Gasteiger partial charge in [-0.15, -0.1) is 0 Å². The molecule has 0 spiro atoms. The quantitative estimate of drug-likeness (QED) is 0.868. The SMILES string of the molecule is COc1cc(C[C@@H](N)c2ccccc2)ccc1O. The van der Waals surface area contributed by atoms with Crippen molar-refractivity contribution in [3.63, 3.8) is 0 Å². The van der Waals surface area contributed by atoms with Crippen LogP contribution >= 0.6 is 0 Å². The van der Waals surface area contributed by atoms with Crippen molar-refractivity contribution < 1.29 is 9.84 Å². The van der Waals surface area contributed by atoms with E-state index in [1.54, 1.807) is 6.07 Å². The molecule has 0 aromatic heterocycles. The monoisotopic (exact) mass is 243 g/mol. The lowest BCUT2D eigenvalue weighted by Gasteiger charge is -2.13. The van der Waals surface area contributed by atoms with Crippen LogP contribution in [0.25, 0.3) is 0 Å². The first-order valence-electron chi connectivity index (χ1n) is 5.87. The summed E-state index contributed by atoms with van der Waals surface area (Å²) in [6.45, 7) is 0. The zero-order valence-corrected chi connectivity index (χ0v) is 10.3. The first kappa shape index (κ1) is 12.5. The number of rotatable bonds is 4. The van der Waals surface area contributed by atoms with Crippen molar-refractivity contribution >= 4 is 0 Å². The van der Waals surface area contributed by atoms with Gasteiger partial charge in [-0.25, -0.2) is 0 Å². The highest BCUT2D eigenvalue weighted by atomic mass is 16.5. The molecular weight excluding hydrogens is 226 g/mol. The van der Waals surface area contributed by atoms with Crippen molar-refractivity contribution in [2.75, 3.05) is 7.11 Å². The Morgan fingerprint density at radius 1 is 1.17 bits per heavy atom. The fourth-order valence-corrected chi connectivity index (χ4v) is 1.92. The number of phenolic OH excluding ortho intramolecular Hbond substituents is 1. The smallest absolute Gasteiger partial charge is 0.160 e. The summed E-state index contributed by atoms with van der Waals surface area (Å²) in [6, 6.07) is 15.2. The van der Waals surface area contributed by atoms with E-state index in [2.05, 4.69) is 0 Å². The van der Waals surface area contributed by atoms with E-state index >= 15 is 0 Å². The van der Waals surface area contributed by atoms with Gasteiger partial charge in [-0.1, -0.05) is 36.4 Å². The number of hydrogen-bond acceptors (Lipinski definition) is 3. The lowest BCUT2D eigenvalue weighted by Crippen LogP contribution is -2.13. The molecule has 3 heteroatoms. The number of methoxy groups -OCH3 is 1. The lowest BCUT2D eigenvalue weighted by molar-refractivity contribution is 0.373. The van der Waals surface area contributed by atoms with Gasteiger partial charge < -0.3 is 15.6 Å². The van der Waals surface area contributed by atoms with E-state index < -0.39 is 0 Å². The number of nitrogens with two attached hydrogens (primary N) is 1. The summed E-state index contributed by atoms with van der Waals surface area (Å²) in [4.78, 5) is 0. The minimum Gasteiger partial charge on any atom is -0.504 e. The summed E-state index contributed by atoms with van der Waals surface area (Å²) in [6.07, 6.45) is 0.709. The van der Waals surface area contributed by atoms with E-state index in [1.807, 2.05) is 42.5 Å². The van der Waals surface area contributed by atoms with E-state index in [0.29, 0.717) is 12.2 Å². The average molecular weight is 243 g/mol. The van der Waals surface area contributed by atoms with Crippen LogP contribution in [0.5, 0.6) is 11.5 Å². The van der Waals surface area contributed by atoms with Crippen LogP contribution in [0.2, 0.25) is 0 Å². The number of ether oxygens (including phenoxy) is 1. The lowest BCUT2D eigenvalue weighted by atomic mass is 9.99. The van der Waals surface area contributed by atoms with Crippen LogP contribution < -0.4 is 10.5 Å². The molecule has 3 nitrogen and oxygen atoms in total. The molecule has 3 N–H and O–H groups in total. The molecule has 0 unspecified atom stereocenters. The van der Waals surface area contributed by atoms with Gasteiger partial charge in [-0.05, 0) is 29.7 Å². The van der Waals surface area contributed by atoms with Crippen LogP contribution in [0.4, 0.5) is 0 Å². The van der Waals surface area contributed by atoms with Crippen molar-refractivity contribution in [1.82, 2.24) is 0 Å². The Labute approximate surface area is 107 Å². The molecule has 0 fully saturated rings. The molecule has 0 aliphatic rings. The molecule has 0 heterocycles. The second kappa shape index (κ2) is 5.56. The maximum absolute atomic E-state index is 9.53. The first-order valence-corrected chi connectivity index (χ1v) is 5.87. The Hall–Kier alpha value is -2.00. The number of hydrogen-bond donors (Lipinski definition) is 2. The van der Waals surface area contributed by atoms with Gasteiger partial charge >= 0.3 is 0 Å². The van der Waals surface area contributed by atoms with Gasteiger partial charge in [0.15, 0.2) is 11.5 Å². The Kier molecular flexibility index (Phi) is 3.85. The number of phenols is 1. The normalized spacial score (nSPS) is 12.1. The molecule has 2 rings (SSSR count). The summed E-state index contributed by atoms with van der Waals surface area (Å²) < 4.78 is 5.08. The van der Waals surface area contributed by atoms with Crippen LogP contribution in [0, 0.1) is 0 Å². The summed E-state index contributed by atoms with van der Waals surface area (Å²) in [5.74, 6) is 0.627. The first-order chi connectivity index (χ1) is 8.70. The molecule has 18 heavy (non-hydrogen) atoms. The third-order valence-electron chi connectivity index (χ3n) is 2.93. The van der Waals surface area contributed by atoms with Gasteiger partial charge in [0.05, 0.1) is 7.11 Å². The molecule has 0 aliphatic heterocycles. The third-order valence-corrected chi connectivity index (χ3v) is 2.93. The van der Waals surface area contributed by atoms with Crippen molar-refractivity contribution in [3.8, 4) is 11.5 Å². The zero-order valence-electron chi connectivity index (χ0n) is 10.3. The van der Waals surface area contributed by atoms with E-state index in [9.17, 15) is 5.11 Å². The summed E-state index contributed by atoms with van der Waals surface area (Å²) in [5, 5.41) is 9.53. The van der Waals surface area contributed by atoms with Gasteiger partial charge in [0.1, 0.15) is 0 Å². The fourth-order valence-electron chi connectivity index (χ4n) is 1.92. The van der Waals surface area contributed by atoms with Crippen LogP contribution in [-0.4, -0.2) is 12.2 Å². The molecule has 2 aromatic carbocycles. The fraction of sp³-hybridized carbons (Fsp3) is 0.200. The van der Waals surface area contributed by atoms with Crippen LogP contribution in [-0.2, 0) is 6.42 Å². The van der Waals surface area contributed by atoms with Gasteiger partial charge in [0.2, 0.25) is 0 Å². The molecule has 0 amide bonds. The Morgan fingerprint density at radius 3 is 2.56 bits per heavy atom. The zero-order chi connectivity index (χ0) is 13.0. The van der Waals surface area contributed by atoms with Gasteiger partial charge in [-0.3, -0.25) is 0 Å². The minimum absolute atomic E-state index is 0.0551. The standard InChI is InChI=1S/C15H17NO2/c1-18-15-10-11(7-8-14(15)17)9-13(16)12-5-3-2-4-6-12/h2-8,10,13,17H,9,16H2,1H3/t13-/m1/s1. The second-order valence-corrected chi connectivity index (χ2v) is 4.23. The molecular formula is C15H17NO2. The maximum atomic E-state index is 9.53. The largest absolute Gasteiger partial charge is 0.504 e. The predicted molar refractivity (Wildman–Crippen MR) is 71.7 cm³/mol. The molecule has 94 valence electrons. The van der Waals surface area contributed by atoms with E-state index in [4.69, 9.17) is 10.5 Å². The Bertz CT molecular complexity index is 511. The van der Waals surface area contributed by atoms with E-state index in [1.165, 1.54) is 7.11 Å². The molecule has 0 radical (unpaired) electrons. The molecule has 0 bridgehead atoms. The average Bonchev–Trinajstić information content (AvgIpc) is 2.42. The summed E-state index contributed by atoms with van der Waals surface area (Å²) in [5.41, 5.74) is 8.30. The highest BCUT2D eigenvalue weighted by Gasteiger charge is 2.09. The summed E-state index contributed by atoms with van der Waals surface area (Å²) >= 11 is 0. The molecule has 2 aromatic rings. The maximum Gasteiger partial charge on any atom is 0.160 e. The molecule has 1 atom stereocenters. The van der Waals surface area contributed by atoms with E-state index in [0.717, 1.165) is 11.1 Å². The van der Waals surface area contributed by atoms with Crippen molar-refractivity contribution in [2.45, 2.75) is 12.5 Å². The summed E-state index contributed by atoms with van der Waals surface area (Å²) in [7, 11) is 1.54.